The quantitative estimate of drug-likeness (QED) is 0.807. The molecular formula is C12H15N3O3. The molecule has 0 spiro atoms. The van der Waals surface area contributed by atoms with E-state index in [1.807, 2.05) is 0 Å². The average molecular weight is 249 g/mol. The fraction of sp³-hybridized carbons (Fsp3) is 0.500. The molecule has 1 saturated carbocycles. The van der Waals surface area contributed by atoms with Crippen molar-refractivity contribution in [2.75, 3.05) is 0 Å². The summed E-state index contributed by atoms with van der Waals surface area (Å²) in [6.45, 7) is 0. The number of carboxylic acid groups (broad SMARTS) is 1. The zero-order valence-electron chi connectivity index (χ0n) is 9.87. The van der Waals surface area contributed by atoms with Gasteiger partial charge in [0.1, 0.15) is 11.7 Å². The van der Waals surface area contributed by atoms with Crippen molar-refractivity contribution in [1.29, 1.82) is 0 Å². The monoisotopic (exact) mass is 249 g/mol. The maximum atomic E-state index is 11.8. The molecular weight excluding hydrogens is 234 g/mol. The molecule has 6 heteroatoms. The lowest BCUT2D eigenvalue weighted by Crippen LogP contribution is -2.43. The summed E-state index contributed by atoms with van der Waals surface area (Å²) >= 11 is 0. The van der Waals surface area contributed by atoms with Crippen molar-refractivity contribution < 1.29 is 14.7 Å². The first kappa shape index (κ1) is 12.5. The molecule has 2 rings (SSSR count). The molecule has 0 unspecified atom stereocenters. The Bertz CT molecular complexity index is 431. The van der Waals surface area contributed by atoms with Crippen LogP contribution in [0.1, 0.15) is 36.2 Å². The Hall–Kier alpha value is -1.98. The normalized spacial score (nSPS) is 16.7. The van der Waals surface area contributed by atoms with Crippen LogP contribution in [0.5, 0.6) is 0 Å². The summed E-state index contributed by atoms with van der Waals surface area (Å²) in [5.74, 6) is -1.08. The lowest BCUT2D eigenvalue weighted by Gasteiger charge is -2.28. The third kappa shape index (κ3) is 3.03. The van der Waals surface area contributed by atoms with Gasteiger partial charge in [0.15, 0.2) is 0 Å². The molecule has 1 aromatic heterocycles. The summed E-state index contributed by atoms with van der Waals surface area (Å²) in [5.41, 5.74) is 0.136. The van der Waals surface area contributed by atoms with Crippen molar-refractivity contribution in [3.05, 3.63) is 24.3 Å². The second kappa shape index (κ2) is 5.57. The summed E-state index contributed by atoms with van der Waals surface area (Å²) in [4.78, 5) is 30.5. The molecule has 1 aromatic rings. The lowest BCUT2D eigenvalue weighted by atomic mass is 9.81. The minimum Gasteiger partial charge on any atom is -0.480 e. The fourth-order valence-electron chi connectivity index (χ4n) is 1.93. The summed E-state index contributed by atoms with van der Waals surface area (Å²) < 4.78 is 0. The molecule has 1 aliphatic rings. The van der Waals surface area contributed by atoms with Crippen LogP contribution in [0, 0.1) is 5.92 Å². The summed E-state index contributed by atoms with van der Waals surface area (Å²) in [6.07, 6.45) is 7.90. The Morgan fingerprint density at radius 3 is 2.72 bits per heavy atom. The van der Waals surface area contributed by atoms with Crippen LogP contribution in [0.3, 0.4) is 0 Å². The molecule has 1 atom stereocenters. The number of carbonyl (C=O) groups is 2. The van der Waals surface area contributed by atoms with Crippen LogP contribution in [0.4, 0.5) is 0 Å². The maximum Gasteiger partial charge on any atom is 0.326 e. The van der Waals surface area contributed by atoms with Gasteiger partial charge in [-0.1, -0.05) is 19.3 Å². The number of carbonyl (C=O) groups excluding carboxylic acids is 1. The number of hydrogen-bond acceptors (Lipinski definition) is 4. The number of hydrogen-bond donors (Lipinski definition) is 2. The second-order valence-corrected chi connectivity index (χ2v) is 4.49. The van der Waals surface area contributed by atoms with Crippen LogP contribution in [0.25, 0.3) is 0 Å². The van der Waals surface area contributed by atoms with E-state index in [9.17, 15) is 9.59 Å². The largest absolute Gasteiger partial charge is 0.480 e. The third-order valence-corrected chi connectivity index (χ3v) is 3.19. The Labute approximate surface area is 104 Å². The molecule has 0 bridgehead atoms. The van der Waals surface area contributed by atoms with Gasteiger partial charge in [0.05, 0.1) is 6.20 Å². The second-order valence-electron chi connectivity index (χ2n) is 4.49. The van der Waals surface area contributed by atoms with Gasteiger partial charge in [-0.25, -0.2) is 9.78 Å². The van der Waals surface area contributed by atoms with Crippen LogP contribution >= 0.6 is 0 Å². The predicted octanol–water partition coefficient (Wildman–Crippen LogP) is 0.850. The van der Waals surface area contributed by atoms with Gasteiger partial charge in [-0.15, -0.1) is 0 Å². The third-order valence-electron chi connectivity index (χ3n) is 3.19. The zero-order valence-corrected chi connectivity index (χ0v) is 9.87. The van der Waals surface area contributed by atoms with Gasteiger partial charge in [0.25, 0.3) is 5.91 Å². The molecule has 1 amide bonds. The molecule has 96 valence electrons. The van der Waals surface area contributed by atoms with E-state index in [-0.39, 0.29) is 5.69 Å². The Balaban J connectivity index is 1.95. The number of rotatable bonds is 5. The van der Waals surface area contributed by atoms with E-state index in [4.69, 9.17) is 5.11 Å². The Morgan fingerprint density at radius 1 is 1.44 bits per heavy atom. The van der Waals surface area contributed by atoms with E-state index in [1.165, 1.54) is 18.6 Å². The minimum atomic E-state index is -1.00. The molecule has 0 aliphatic heterocycles. The van der Waals surface area contributed by atoms with E-state index in [0.29, 0.717) is 12.3 Å². The van der Waals surface area contributed by atoms with Gasteiger partial charge in [-0.3, -0.25) is 9.78 Å². The minimum absolute atomic E-state index is 0.136. The molecule has 0 saturated heterocycles. The summed E-state index contributed by atoms with van der Waals surface area (Å²) in [5, 5.41) is 11.6. The van der Waals surface area contributed by atoms with Gasteiger partial charge >= 0.3 is 5.97 Å². The summed E-state index contributed by atoms with van der Waals surface area (Å²) in [7, 11) is 0. The number of nitrogens with one attached hydrogen (secondary N) is 1. The van der Waals surface area contributed by atoms with Gasteiger partial charge in [0.2, 0.25) is 0 Å². The molecule has 1 aliphatic carbocycles. The number of amides is 1. The first-order chi connectivity index (χ1) is 8.66. The Kier molecular flexibility index (Phi) is 3.86. The smallest absolute Gasteiger partial charge is 0.326 e. The van der Waals surface area contributed by atoms with Crippen molar-refractivity contribution in [2.45, 2.75) is 31.7 Å². The van der Waals surface area contributed by atoms with Gasteiger partial charge < -0.3 is 10.4 Å². The zero-order chi connectivity index (χ0) is 13.0. The molecule has 6 nitrogen and oxygen atoms in total. The van der Waals surface area contributed by atoms with Crippen LogP contribution in [-0.2, 0) is 4.79 Å². The van der Waals surface area contributed by atoms with Crippen molar-refractivity contribution >= 4 is 11.9 Å². The standard InChI is InChI=1S/C12H15N3O3/c16-11(10-7-13-4-5-14-10)15-9(12(17)18)6-8-2-1-3-8/h4-5,7-9H,1-3,6H2,(H,15,16)(H,17,18)/t9-/m0/s1. The number of nitrogens with zero attached hydrogens (tertiary/aromatic N) is 2. The highest BCUT2D eigenvalue weighted by Crippen LogP contribution is 2.30. The summed E-state index contributed by atoms with van der Waals surface area (Å²) in [6, 6.07) is -0.843. The van der Waals surface area contributed by atoms with Gasteiger partial charge in [-0.05, 0) is 12.3 Å². The molecule has 1 heterocycles. The maximum absolute atomic E-state index is 11.8. The fourth-order valence-corrected chi connectivity index (χ4v) is 1.93. The van der Waals surface area contributed by atoms with E-state index in [0.717, 1.165) is 19.3 Å². The van der Waals surface area contributed by atoms with Crippen molar-refractivity contribution in [3.8, 4) is 0 Å². The van der Waals surface area contributed by atoms with E-state index >= 15 is 0 Å². The highest BCUT2D eigenvalue weighted by molar-refractivity contribution is 5.94. The van der Waals surface area contributed by atoms with Crippen LogP contribution in [0.15, 0.2) is 18.6 Å². The van der Waals surface area contributed by atoms with Crippen LogP contribution in [-0.4, -0.2) is 33.0 Å². The van der Waals surface area contributed by atoms with Crippen LogP contribution < -0.4 is 5.32 Å². The number of aromatic nitrogens is 2. The van der Waals surface area contributed by atoms with Gasteiger partial charge in [-0.2, -0.15) is 0 Å². The number of carboxylic acids is 1. The molecule has 2 N–H and O–H groups in total. The lowest BCUT2D eigenvalue weighted by molar-refractivity contribution is -0.139. The molecule has 1 fully saturated rings. The number of aliphatic carboxylic acids is 1. The average Bonchev–Trinajstić information content (AvgIpc) is 2.32. The molecule has 18 heavy (non-hydrogen) atoms. The van der Waals surface area contributed by atoms with Crippen molar-refractivity contribution in [1.82, 2.24) is 15.3 Å². The SMILES string of the molecule is O=C(N[C@@H](CC1CCC1)C(=O)O)c1cnccn1. The van der Waals surface area contributed by atoms with E-state index < -0.39 is 17.9 Å². The predicted molar refractivity (Wildman–Crippen MR) is 62.9 cm³/mol. The first-order valence-corrected chi connectivity index (χ1v) is 5.96. The molecule has 0 aromatic carbocycles. The Morgan fingerprint density at radius 2 is 2.22 bits per heavy atom. The molecule has 0 radical (unpaired) electrons. The van der Waals surface area contributed by atoms with Crippen LogP contribution in [0.2, 0.25) is 0 Å². The topological polar surface area (TPSA) is 92.2 Å². The highest BCUT2D eigenvalue weighted by Gasteiger charge is 2.28. The van der Waals surface area contributed by atoms with E-state index in [2.05, 4.69) is 15.3 Å². The first-order valence-electron chi connectivity index (χ1n) is 5.96. The van der Waals surface area contributed by atoms with E-state index in [1.54, 1.807) is 0 Å². The van der Waals surface area contributed by atoms with Crippen molar-refractivity contribution in [2.24, 2.45) is 5.92 Å². The van der Waals surface area contributed by atoms with Gasteiger partial charge in [0, 0.05) is 12.4 Å². The highest BCUT2D eigenvalue weighted by atomic mass is 16.4. The van der Waals surface area contributed by atoms with Crippen molar-refractivity contribution in [3.63, 3.8) is 0 Å².